The van der Waals surface area contributed by atoms with Gasteiger partial charge in [0.15, 0.2) is 0 Å². The highest BCUT2D eigenvalue weighted by molar-refractivity contribution is 7.09. The Bertz CT molecular complexity index is 451. The summed E-state index contributed by atoms with van der Waals surface area (Å²) in [5, 5.41) is 12.4. The van der Waals surface area contributed by atoms with Crippen molar-refractivity contribution in [3.8, 4) is 0 Å². The average Bonchev–Trinajstić information content (AvgIpc) is 2.77. The lowest BCUT2D eigenvalue weighted by atomic mass is 9.98. The fourth-order valence-electron chi connectivity index (χ4n) is 2.39. The molecule has 1 unspecified atom stereocenters. The van der Waals surface area contributed by atoms with Gasteiger partial charge in [-0.05, 0) is 19.4 Å². The number of aromatic nitrogens is 1. The number of aliphatic carboxylic acids is 1. The lowest BCUT2D eigenvalue weighted by Crippen LogP contribution is -2.44. The minimum atomic E-state index is -0.703. The van der Waals surface area contributed by atoms with Crippen LogP contribution < -0.4 is 0 Å². The van der Waals surface area contributed by atoms with Crippen LogP contribution in [0.3, 0.4) is 0 Å². The number of carbonyl (C=O) groups is 1. The van der Waals surface area contributed by atoms with Crippen LogP contribution in [0.25, 0.3) is 0 Å². The first-order valence-electron chi connectivity index (χ1n) is 6.79. The quantitative estimate of drug-likeness (QED) is 0.926. The predicted octanol–water partition coefficient (Wildman–Crippen LogP) is 2.88. The van der Waals surface area contributed by atoms with Crippen LogP contribution in [0.4, 0.5) is 0 Å². The van der Waals surface area contributed by atoms with Gasteiger partial charge in [0.05, 0.1) is 10.7 Å². The molecule has 1 aliphatic heterocycles. The molecular formula is C14H22N2O2S. The van der Waals surface area contributed by atoms with Crippen molar-refractivity contribution >= 4 is 17.3 Å². The summed E-state index contributed by atoms with van der Waals surface area (Å²) in [5.41, 5.74) is 1.07. The van der Waals surface area contributed by atoms with Crippen LogP contribution in [0.5, 0.6) is 0 Å². The summed E-state index contributed by atoms with van der Waals surface area (Å²) in [5.74, 6) is -0.703. The third-order valence-electron chi connectivity index (χ3n) is 3.46. The second kappa shape index (κ2) is 5.59. The third-order valence-corrected chi connectivity index (χ3v) is 4.77. The van der Waals surface area contributed by atoms with Gasteiger partial charge >= 0.3 is 5.97 Å². The van der Waals surface area contributed by atoms with Crippen molar-refractivity contribution in [2.75, 3.05) is 6.54 Å². The summed E-state index contributed by atoms with van der Waals surface area (Å²) >= 11 is 1.67. The van der Waals surface area contributed by atoms with Crippen molar-refractivity contribution in [2.45, 2.75) is 58.0 Å². The molecule has 106 valence electrons. The van der Waals surface area contributed by atoms with Crippen LogP contribution >= 0.6 is 11.3 Å². The number of hydrogen-bond donors (Lipinski definition) is 1. The Labute approximate surface area is 118 Å². The number of piperidine rings is 1. The SMILES string of the molecule is CC(C)(C)c1nc(CN2CCCCC2C(=O)O)cs1. The Balaban J connectivity index is 2.07. The molecule has 0 aromatic carbocycles. The maximum atomic E-state index is 11.3. The van der Waals surface area contributed by atoms with Crippen molar-refractivity contribution in [1.29, 1.82) is 0 Å². The summed E-state index contributed by atoms with van der Waals surface area (Å²) in [6, 6.07) is -0.339. The van der Waals surface area contributed by atoms with Crippen molar-refractivity contribution in [3.63, 3.8) is 0 Å². The van der Waals surface area contributed by atoms with Crippen molar-refractivity contribution in [1.82, 2.24) is 9.88 Å². The summed E-state index contributed by atoms with van der Waals surface area (Å²) in [6.07, 6.45) is 2.85. The maximum absolute atomic E-state index is 11.3. The van der Waals surface area contributed by atoms with E-state index in [0.29, 0.717) is 6.54 Å². The Morgan fingerprint density at radius 3 is 2.84 bits per heavy atom. The van der Waals surface area contributed by atoms with Gasteiger partial charge < -0.3 is 5.11 Å². The molecule has 1 saturated heterocycles. The molecule has 0 radical (unpaired) electrons. The molecule has 0 aliphatic carbocycles. The summed E-state index contributed by atoms with van der Waals surface area (Å²) in [7, 11) is 0. The summed E-state index contributed by atoms with van der Waals surface area (Å²) in [4.78, 5) is 18.0. The van der Waals surface area contributed by atoms with Gasteiger partial charge in [-0.25, -0.2) is 4.98 Å². The zero-order valence-electron chi connectivity index (χ0n) is 11.8. The number of carboxylic acids is 1. The van der Waals surface area contributed by atoms with Gasteiger partial charge in [-0.1, -0.05) is 27.2 Å². The van der Waals surface area contributed by atoms with Crippen molar-refractivity contribution in [3.05, 3.63) is 16.1 Å². The van der Waals surface area contributed by atoms with Crippen molar-refractivity contribution in [2.24, 2.45) is 0 Å². The number of likely N-dealkylation sites (tertiary alicyclic amines) is 1. The molecule has 2 heterocycles. The van der Waals surface area contributed by atoms with Gasteiger partial charge in [0.2, 0.25) is 0 Å². The molecule has 4 nitrogen and oxygen atoms in total. The third kappa shape index (κ3) is 3.54. The molecule has 0 spiro atoms. The molecule has 2 rings (SSSR count). The van der Waals surface area contributed by atoms with E-state index in [1.807, 2.05) is 4.90 Å². The Kier molecular flexibility index (Phi) is 4.26. The Morgan fingerprint density at radius 1 is 1.53 bits per heavy atom. The molecule has 1 aliphatic rings. The topological polar surface area (TPSA) is 53.4 Å². The average molecular weight is 282 g/mol. The van der Waals surface area contributed by atoms with E-state index in [1.54, 1.807) is 11.3 Å². The van der Waals surface area contributed by atoms with Crippen LogP contribution in [0.1, 0.15) is 50.7 Å². The second-order valence-corrected chi connectivity index (χ2v) is 7.07. The predicted molar refractivity (Wildman–Crippen MR) is 76.5 cm³/mol. The molecule has 1 aromatic rings. The smallest absolute Gasteiger partial charge is 0.320 e. The molecule has 19 heavy (non-hydrogen) atoms. The maximum Gasteiger partial charge on any atom is 0.320 e. The fraction of sp³-hybridized carbons (Fsp3) is 0.714. The molecule has 1 aromatic heterocycles. The van der Waals surface area contributed by atoms with E-state index in [4.69, 9.17) is 0 Å². The Hall–Kier alpha value is -0.940. The molecule has 5 heteroatoms. The summed E-state index contributed by atoms with van der Waals surface area (Å²) in [6.45, 7) is 7.96. The molecular weight excluding hydrogens is 260 g/mol. The molecule has 0 amide bonds. The standard InChI is InChI=1S/C14H22N2O2S/c1-14(2,3)13-15-10(9-19-13)8-16-7-5-4-6-11(16)12(17)18/h9,11H,4-8H2,1-3H3,(H,17,18). The van der Waals surface area contributed by atoms with Gasteiger partial charge in [-0.15, -0.1) is 11.3 Å². The highest BCUT2D eigenvalue weighted by Gasteiger charge is 2.29. The minimum absolute atomic E-state index is 0.0665. The molecule has 1 N–H and O–H groups in total. The van der Waals surface area contributed by atoms with Crippen molar-refractivity contribution < 1.29 is 9.90 Å². The minimum Gasteiger partial charge on any atom is -0.480 e. The number of hydrogen-bond acceptors (Lipinski definition) is 4. The van der Waals surface area contributed by atoms with E-state index >= 15 is 0 Å². The van der Waals surface area contributed by atoms with Crippen LogP contribution in [-0.2, 0) is 16.8 Å². The van der Waals surface area contributed by atoms with Crippen LogP contribution in [0.15, 0.2) is 5.38 Å². The second-order valence-electron chi connectivity index (χ2n) is 6.21. The summed E-state index contributed by atoms with van der Waals surface area (Å²) < 4.78 is 0. The number of thiazole rings is 1. The van der Waals surface area contributed by atoms with Crippen LogP contribution in [-0.4, -0.2) is 33.5 Å². The van der Waals surface area contributed by atoms with Crippen LogP contribution in [0, 0.1) is 0 Å². The Morgan fingerprint density at radius 2 is 2.26 bits per heavy atom. The van der Waals surface area contributed by atoms with Gasteiger partial charge in [0, 0.05) is 17.3 Å². The molecule has 1 fully saturated rings. The van der Waals surface area contributed by atoms with Gasteiger partial charge in [0.25, 0.3) is 0 Å². The first-order valence-corrected chi connectivity index (χ1v) is 7.67. The highest BCUT2D eigenvalue weighted by Crippen LogP contribution is 2.27. The molecule has 0 saturated carbocycles. The van der Waals surface area contributed by atoms with Gasteiger partial charge in [-0.2, -0.15) is 0 Å². The lowest BCUT2D eigenvalue weighted by Gasteiger charge is -2.32. The monoisotopic (exact) mass is 282 g/mol. The normalized spacial score (nSPS) is 21.5. The largest absolute Gasteiger partial charge is 0.480 e. The van der Waals surface area contributed by atoms with E-state index in [9.17, 15) is 9.90 Å². The number of nitrogens with zero attached hydrogens (tertiary/aromatic N) is 2. The van der Waals surface area contributed by atoms with Gasteiger partial charge in [0.1, 0.15) is 6.04 Å². The zero-order chi connectivity index (χ0) is 14.0. The van der Waals surface area contributed by atoms with E-state index in [0.717, 1.165) is 36.5 Å². The first kappa shape index (κ1) is 14.5. The van der Waals surface area contributed by atoms with E-state index < -0.39 is 5.97 Å². The van der Waals surface area contributed by atoms with E-state index in [2.05, 4.69) is 31.1 Å². The van der Waals surface area contributed by atoms with E-state index in [1.165, 1.54) is 0 Å². The molecule has 1 atom stereocenters. The van der Waals surface area contributed by atoms with E-state index in [-0.39, 0.29) is 11.5 Å². The first-order chi connectivity index (χ1) is 8.88. The molecule has 0 bridgehead atoms. The van der Waals surface area contributed by atoms with Crippen LogP contribution in [0.2, 0.25) is 0 Å². The fourth-order valence-corrected chi connectivity index (χ4v) is 3.29. The highest BCUT2D eigenvalue weighted by atomic mass is 32.1. The zero-order valence-corrected chi connectivity index (χ0v) is 12.7. The number of rotatable bonds is 3. The van der Waals surface area contributed by atoms with Gasteiger partial charge in [-0.3, -0.25) is 9.69 Å². The lowest BCUT2D eigenvalue weighted by molar-refractivity contribution is -0.144. The number of carboxylic acid groups (broad SMARTS) is 1.